The van der Waals surface area contributed by atoms with Crippen molar-refractivity contribution in [2.75, 3.05) is 19.6 Å². The van der Waals surface area contributed by atoms with Crippen molar-refractivity contribution < 1.29 is 4.74 Å². The number of rotatable bonds is 3. The summed E-state index contributed by atoms with van der Waals surface area (Å²) in [6.45, 7) is 6.73. The third-order valence-electron chi connectivity index (χ3n) is 4.37. The fraction of sp³-hybridized carbons (Fsp3) is 0.625. The van der Waals surface area contributed by atoms with Gasteiger partial charge in [-0.25, -0.2) is 0 Å². The molecule has 2 atom stereocenters. The van der Waals surface area contributed by atoms with Crippen LogP contribution in [0.1, 0.15) is 43.2 Å². The standard InChI is InChI=1S/C16H23NO/c1-2-3-9-17-10-8-16-15(11-17)14-7-5-4-6-13(14)12-18-16/h4-7,15-16H,2-3,8-12H2,1H3/t15-,16+/m1/s1. The number of hydrogen-bond donors (Lipinski definition) is 0. The highest BCUT2D eigenvalue weighted by molar-refractivity contribution is 5.33. The zero-order valence-electron chi connectivity index (χ0n) is 11.3. The van der Waals surface area contributed by atoms with Crippen LogP contribution in [0.15, 0.2) is 24.3 Å². The summed E-state index contributed by atoms with van der Waals surface area (Å²) in [5.74, 6) is 0.598. The molecule has 2 aliphatic heterocycles. The van der Waals surface area contributed by atoms with Crippen LogP contribution in [0.2, 0.25) is 0 Å². The van der Waals surface area contributed by atoms with Crippen LogP contribution in [0.4, 0.5) is 0 Å². The molecule has 0 aliphatic carbocycles. The molecular formula is C16H23NO. The van der Waals surface area contributed by atoms with Gasteiger partial charge in [-0.05, 0) is 30.5 Å². The number of piperidine rings is 1. The van der Waals surface area contributed by atoms with Crippen molar-refractivity contribution in [2.24, 2.45) is 0 Å². The number of fused-ring (bicyclic) bond motifs is 3. The average Bonchev–Trinajstić information content (AvgIpc) is 2.45. The Hall–Kier alpha value is -0.860. The van der Waals surface area contributed by atoms with E-state index in [-0.39, 0.29) is 0 Å². The van der Waals surface area contributed by atoms with Crippen LogP contribution >= 0.6 is 0 Å². The van der Waals surface area contributed by atoms with Crippen LogP contribution in [0.5, 0.6) is 0 Å². The highest BCUT2D eigenvalue weighted by Gasteiger charge is 2.34. The Balaban J connectivity index is 1.75. The maximum Gasteiger partial charge on any atom is 0.0723 e. The van der Waals surface area contributed by atoms with Crippen molar-refractivity contribution in [3.63, 3.8) is 0 Å². The second-order valence-electron chi connectivity index (χ2n) is 5.60. The number of hydrogen-bond acceptors (Lipinski definition) is 2. The second kappa shape index (κ2) is 5.41. The van der Waals surface area contributed by atoms with E-state index in [1.807, 2.05) is 0 Å². The van der Waals surface area contributed by atoms with Crippen LogP contribution in [-0.4, -0.2) is 30.6 Å². The highest BCUT2D eigenvalue weighted by Crippen LogP contribution is 2.36. The maximum atomic E-state index is 6.03. The van der Waals surface area contributed by atoms with Crippen LogP contribution in [0.3, 0.4) is 0 Å². The molecule has 0 bridgehead atoms. The van der Waals surface area contributed by atoms with Crippen molar-refractivity contribution in [2.45, 2.75) is 44.8 Å². The molecule has 0 N–H and O–H groups in total. The summed E-state index contributed by atoms with van der Waals surface area (Å²) in [6.07, 6.45) is 4.26. The van der Waals surface area contributed by atoms with E-state index in [0.29, 0.717) is 12.0 Å². The van der Waals surface area contributed by atoms with Crippen LogP contribution in [0.25, 0.3) is 0 Å². The number of benzene rings is 1. The van der Waals surface area contributed by atoms with E-state index in [2.05, 4.69) is 36.1 Å². The second-order valence-corrected chi connectivity index (χ2v) is 5.60. The Morgan fingerprint density at radius 2 is 2.22 bits per heavy atom. The molecule has 0 spiro atoms. The van der Waals surface area contributed by atoms with E-state index in [4.69, 9.17) is 4.74 Å². The monoisotopic (exact) mass is 245 g/mol. The van der Waals surface area contributed by atoms with E-state index in [1.165, 1.54) is 50.0 Å². The van der Waals surface area contributed by atoms with Gasteiger partial charge in [-0.3, -0.25) is 0 Å². The minimum atomic E-state index is 0.456. The predicted octanol–water partition coefficient (Wildman–Crippen LogP) is 3.17. The molecule has 1 aromatic rings. The Kier molecular flexibility index (Phi) is 3.67. The Labute approximate surface area is 110 Å². The van der Waals surface area contributed by atoms with E-state index < -0.39 is 0 Å². The first kappa shape index (κ1) is 12.2. The highest BCUT2D eigenvalue weighted by atomic mass is 16.5. The van der Waals surface area contributed by atoms with Gasteiger partial charge in [0.2, 0.25) is 0 Å². The first-order chi connectivity index (χ1) is 8.88. The summed E-state index contributed by atoms with van der Waals surface area (Å²) in [5.41, 5.74) is 2.94. The van der Waals surface area contributed by atoms with Crippen LogP contribution < -0.4 is 0 Å². The molecule has 0 radical (unpaired) electrons. The van der Waals surface area contributed by atoms with Crippen molar-refractivity contribution in [3.8, 4) is 0 Å². The summed E-state index contributed by atoms with van der Waals surface area (Å²) >= 11 is 0. The number of nitrogens with zero attached hydrogens (tertiary/aromatic N) is 1. The lowest BCUT2D eigenvalue weighted by molar-refractivity contribution is -0.0312. The molecule has 1 saturated heterocycles. The van der Waals surface area contributed by atoms with Gasteiger partial charge in [0.15, 0.2) is 0 Å². The number of likely N-dealkylation sites (tertiary alicyclic amines) is 1. The van der Waals surface area contributed by atoms with Gasteiger partial charge in [0.25, 0.3) is 0 Å². The molecule has 2 nitrogen and oxygen atoms in total. The number of unbranched alkanes of at least 4 members (excludes halogenated alkanes) is 1. The number of ether oxygens (including phenoxy) is 1. The molecule has 3 rings (SSSR count). The van der Waals surface area contributed by atoms with Crippen molar-refractivity contribution in [1.82, 2.24) is 4.90 Å². The lowest BCUT2D eigenvalue weighted by atomic mass is 9.83. The first-order valence-corrected chi connectivity index (χ1v) is 7.30. The Morgan fingerprint density at radius 3 is 3.11 bits per heavy atom. The van der Waals surface area contributed by atoms with E-state index in [9.17, 15) is 0 Å². The van der Waals surface area contributed by atoms with Crippen molar-refractivity contribution >= 4 is 0 Å². The Bertz CT molecular complexity index is 404. The van der Waals surface area contributed by atoms with Gasteiger partial charge in [-0.2, -0.15) is 0 Å². The summed E-state index contributed by atoms with van der Waals surface area (Å²) < 4.78 is 6.03. The molecule has 1 aromatic carbocycles. The van der Waals surface area contributed by atoms with Gasteiger partial charge in [-0.1, -0.05) is 37.6 Å². The van der Waals surface area contributed by atoms with E-state index in [0.717, 1.165) is 6.61 Å². The Morgan fingerprint density at radius 1 is 1.33 bits per heavy atom. The largest absolute Gasteiger partial charge is 0.373 e. The fourth-order valence-corrected chi connectivity index (χ4v) is 3.31. The zero-order chi connectivity index (χ0) is 12.4. The lowest BCUT2D eigenvalue weighted by Gasteiger charge is -2.42. The summed E-state index contributed by atoms with van der Waals surface area (Å²) in [4.78, 5) is 2.62. The molecule has 0 saturated carbocycles. The molecule has 0 aromatic heterocycles. The predicted molar refractivity (Wildman–Crippen MR) is 73.7 cm³/mol. The SMILES string of the molecule is CCCCN1CC[C@@H]2OCc3ccccc3[C@H]2C1. The fourth-order valence-electron chi connectivity index (χ4n) is 3.31. The van der Waals surface area contributed by atoms with Crippen LogP contribution in [0, 0.1) is 0 Å². The zero-order valence-corrected chi connectivity index (χ0v) is 11.3. The molecule has 1 fully saturated rings. The van der Waals surface area contributed by atoms with E-state index >= 15 is 0 Å². The van der Waals surface area contributed by atoms with Gasteiger partial charge in [-0.15, -0.1) is 0 Å². The molecule has 2 aliphatic rings. The minimum Gasteiger partial charge on any atom is -0.373 e. The molecule has 18 heavy (non-hydrogen) atoms. The van der Waals surface area contributed by atoms with Crippen LogP contribution in [-0.2, 0) is 11.3 Å². The summed E-state index contributed by atoms with van der Waals surface area (Å²) in [7, 11) is 0. The molecule has 0 unspecified atom stereocenters. The van der Waals surface area contributed by atoms with Crippen molar-refractivity contribution in [3.05, 3.63) is 35.4 Å². The lowest BCUT2D eigenvalue weighted by Crippen LogP contribution is -2.45. The third-order valence-corrected chi connectivity index (χ3v) is 4.37. The van der Waals surface area contributed by atoms with Crippen molar-refractivity contribution in [1.29, 1.82) is 0 Å². The van der Waals surface area contributed by atoms with Gasteiger partial charge >= 0.3 is 0 Å². The topological polar surface area (TPSA) is 12.5 Å². The quantitative estimate of drug-likeness (QED) is 0.811. The molecule has 2 heteroatoms. The van der Waals surface area contributed by atoms with Gasteiger partial charge in [0, 0.05) is 19.0 Å². The smallest absolute Gasteiger partial charge is 0.0723 e. The van der Waals surface area contributed by atoms with E-state index in [1.54, 1.807) is 0 Å². The third kappa shape index (κ3) is 2.32. The first-order valence-electron chi connectivity index (χ1n) is 7.30. The molecule has 2 heterocycles. The molecule has 98 valence electrons. The summed E-state index contributed by atoms with van der Waals surface area (Å²) in [5, 5.41) is 0. The molecular weight excluding hydrogens is 222 g/mol. The van der Waals surface area contributed by atoms with Gasteiger partial charge in [0.05, 0.1) is 12.7 Å². The molecule has 0 amide bonds. The van der Waals surface area contributed by atoms with Gasteiger partial charge < -0.3 is 9.64 Å². The average molecular weight is 245 g/mol. The van der Waals surface area contributed by atoms with Gasteiger partial charge in [0.1, 0.15) is 0 Å². The summed E-state index contributed by atoms with van der Waals surface area (Å²) in [6, 6.07) is 8.82. The minimum absolute atomic E-state index is 0.456. The maximum absolute atomic E-state index is 6.03. The normalized spacial score (nSPS) is 27.6.